The van der Waals surface area contributed by atoms with Crippen molar-refractivity contribution in [3.63, 3.8) is 0 Å². The van der Waals surface area contributed by atoms with Gasteiger partial charge >= 0.3 is 0 Å². The highest BCUT2D eigenvalue weighted by molar-refractivity contribution is 8.05. The summed E-state index contributed by atoms with van der Waals surface area (Å²) in [5, 5.41) is 1.86. The number of allylic oxidation sites excluding steroid dienone is 2. The van der Waals surface area contributed by atoms with Crippen LogP contribution < -0.4 is 0 Å². The van der Waals surface area contributed by atoms with Crippen LogP contribution in [-0.2, 0) is 0 Å². The molecule has 0 saturated carbocycles. The average Bonchev–Trinajstić information content (AvgIpc) is 2.18. The first-order valence-electron chi connectivity index (χ1n) is 4.26. The molecule has 68 valence electrons. The lowest BCUT2D eigenvalue weighted by atomic mass is 10.1. The lowest BCUT2D eigenvalue weighted by Gasteiger charge is -2.04. The fourth-order valence-corrected chi connectivity index (χ4v) is 1.65. The predicted octanol–water partition coefficient (Wildman–Crippen LogP) is 4.31. The van der Waals surface area contributed by atoms with Gasteiger partial charge in [-0.25, -0.2) is 0 Å². The van der Waals surface area contributed by atoms with Gasteiger partial charge in [-0.2, -0.15) is 0 Å². The van der Waals surface area contributed by atoms with E-state index in [4.69, 9.17) is 0 Å². The second-order valence-corrected chi connectivity index (χ2v) is 4.01. The largest absolute Gasteiger partial charge is 0.103 e. The first kappa shape index (κ1) is 10.1. The summed E-state index contributed by atoms with van der Waals surface area (Å²) in [7, 11) is 0. The van der Waals surface area contributed by atoms with Crippen molar-refractivity contribution in [2.45, 2.75) is 13.8 Å². The summed E-state index contributed by atoms with van der Waals surface area (Å²) in [5.41, 5.74) is 2.61. The SMILES string of the molecule is C=CSC(C)=C(C)c1ccccc1. The van der Waals surface area contributed by atoms with Crippen molar-refractivity contribution < 1.29 is 0 Å². The molecule has 0 aliphatic heterocycles. The molecule has 0 spiro atoms. The molecule has 0 fully saturated rings. The van der Waals surface area contributed by atoms with Crippen molar-refractivity contribution in [2.75, 3.05) is 0 Å². The Hall–Kier alpha value is -0.950. The maximum absolute atomic E-state index is 3.71. The minimum absolute atomic E-state index is 1.29. The molecule has 0 nitrogen and oxygen atoms in total. The summed E-state index contributed by atoms with van der Waals surface area (Å²) in [4.78, 5) is 1.31. The Bertz CT molecular complexity index is 309. The standard InChI is InChI=1S/C12H14S/c1-4-13-11(3)10(2)12-8-6-5-7-9-12/h4-9H,1H2,2-3H3. The van der Waals surface area contributed by atoms with Gasteiger partial charge in [0.2, 0.25) is 0 Å². The molecule has 1 heteroatoms. The average molecular weight is 190 g/mol. The third-order valence-corrected chi connectivity index (χ3v) is 2.82. The van der Waals surface area contributed by atoms with E-state index in [1.807, 2.05) is 11.5 Å². The van der Waals surface area contributed by atoms with Crippen molar-refractivity contribution >= 4 is 17.3 Å². The van der Waals surface area contributed by atoms with E-state index in [0.29, 0.717) is 0 Å². The molecule has 0 amide bonds. The van der Waals surface area contributed by atoms with Crippen molar-refractivity contribution in [3.05, 3.63) is 52.8 Å². The quantitative estimate of drug-likeness (QED) is 0.684. The van der Waals surface area contributed by atoms with Crippen molar-refractivity contribution in [2.24, 2.45) is 0 Å². The molecular weight excluding hydrogens is 176 g/mol. The first-order valence-corrected chi connectivity index (χ1v) is 5.14. The molecule has 0 saturated heterocycles. The van der Waals surface area contributed by atoms with Gasteiger partial charge in [0.25, 0.3) is 0 Å². The number of hydrogen-bond acceptors (Lipinski definition) is 1. The number of rotatable bonds is 3. The van der Waals surface area contributed by atoms with Crippen LogP contribution in [-0.4, -0.2) is 0 Å². The molecule has 0 radical (unpaired) electrons. The second-order valence-electron chi connectivity index (χ2n) is 2.83. The van der Waals surface area contributed by atoms with Crippen LogP contribution in [0.1, 0.15) is 19.4 Å². The Morgan fingerprint density at radius 2 is 1.85 bits per heavy atom. The van der Waals surface area contributed by atoms with E-state index in [0.717, 1.165) is 0 Å². The predicted molar refractivity (Wildman–Crippen MR) is 62.5 cm³/mol. The smallest absolute Gasteiger partial charge is 0.0104 e. The number of benzene rings is 1. The summed E-state index contributed by atoms with van der Waals surface area (Å²) < 4.78 is 0. The molecule has 1 aromatic rings. The van der Waals surface area contributed by atoms with Crippen LogP contribution in [0, 0.1) is 0 Å². The zero-order valence-corrected chi connectivity index (χ0v) is 8.90. The molecule has 0 aromatic heterocycles. The lowest BCUT2D eigenvalue weighted by Crippen LogP contribution is -1.80. The van der Waals surface area contributed by atoms with Crippen LogP contribution in [0.25, 0.3) is 5.57 Å². The van der Waals surface area contributed by atoms with Crippen LogP contribution in [0.4, 0.5) is 0 Å². The third kappa shape index (κ3) is 2.78. The minimum Gasteiger partial charge on any atom is -0.103 e. The minimum atomic E-state index is 1.29. The van der Waals surface area contributed by atoms with Crippen LogP contribution in [0.3, 0.4) is 0 Å². The topological polar surface area (TPSA) is 0 Å². The summed E-state index contributed by atoms with van der Waals surface area (Å²) >= 11 is 1.68. The van der Waals surface area contributed by atoms with Gasteiger partial charge in [0.1, 0.15) is 0 Å². The van der Waals surface area contributed by atoms with E-state index in [1.165, 1.54) is 16.0 Å². The zero-order valence-electron chi connectivity index (χ0n) is 8.08. The number of hydrogen-bond donors (Lipinski definition) is 0. The molecule has 0 N–H and O–H groups in total. The van der Waals surface area contributed by atoms with E-state index < -0.39 is 0 Å². The van der Waals surface area contributed by atoms with Crippen molar-refractivity contribution in [1.29, 1.82) is 0 Å². The highest BCUT2D eigenvalue weighted by atomic mass is 32.2. The highest BCUT2D eigenvalue weighted by Crippen LogP contribution is 2.26. The molecular formula is C12H14S. The van der Waals surface area contributed by atoms with Gasteiger partial charge in [0.15, 0.2) is 0 Å². The fraction of sp³-hybridized carbons (Fsp3) is 0.167. The second kappa shape index (κ2) is 4.93. The Kier molecular flexibility index (Phi) is 3.84. The van der Waals surface area contributed by atoms with E-state index in [2.05, 4.69) is 44.7 Å². The summed E-state index contributed by atoms with van der Waals surface area (Å²) in [6.07, 6.45) is 0. The van der Waals surface area contributed by atoms with Gasteiger partial charge in [-0.05, 0) is 35.3 Å². The number of thioether (sulfide) groups is 1. The van der Waals surface area contributed by atoms with Crippen LogP contribution in [0.15, 0.2) is 47.2 Å². The Morgan fingerprint density at radius 1 is 1.23 bits per heavy atom. The molecule has 13 heavy (non-hydrogen) atoms. The normalized spacial score (nSPS) is 12.2. The van der Waals surface area contributed by atoms with Crippen LogP contribution >= 0.6 is 11.8 Å². The molecule has 0 aliphatic rings. The van der Waals surface area contributed by atoms with Gasteiger partial charge in [-0.1, -0.05) is 36.9 Å². The maximum Gasteiger partial charge on any atom is -0.0104 e. The molecule has 0 unspecified atom stereocenters. The van der Waals surface area contributed by atoms with E-state index in [-0.39, 0.29) is 0 Å². The summed E-state index contributed by atoms with van der Waals surface area (Å²) in [6, 6.07) is 10.4. The van der Waals surface area contributed by atoms with Crippen LogP contribution in [0.5, 0.6) is 0 Å². The Balaban J connectivity index is 2.95. The summed E-state index contributed by atoms with van der Waals surface area (Å²) in [5.74, 6) is 0. The van der Waals surface area contributed by atoms with E-state index in [1.54, 1.807) is 11.8 Å². The van der Waals surface area contributed by atoms with Gasteiger partial charge < -0.3 is 0 Å². The van der Waals surface area contributed by atoms with Crippen molar-refractivity contribution in [3.8, 4) is 0 Å². The third-order valence-electron chi connectivity index (χ3n) is 2.00. The van der Waals surface area contributed by atoms with Gasteiger partial charge in [-0.3, -0.25) is 0 Å². The van der Waals surface area contributed by atoms with E-state index in [9.17, 15) is 0 Å². The lowest BCUT2D eigenvalue weighted by molar-refractivity contribution is 1.52. The van der Waals surface area contributed by atoms with Crippen molar-refractivity contribution in [1.82, 2.24) is 0 Å². The fourth-order valence-electron chi connectivity index (χ4n) is 1.10. The first-order chi connectivity index (χ1) is 6.25. The zero-order chi connectivity index (χ0) is 9.68. The van der Waals surface area contributed by atoms with Gasteiger partial charge in [0, 0.05) is 0 Å². The monoisotopic (exact) mass is 190 g/mol. The van der Waals surface area contributed by atoms with Gasteiger partial charge in [-0.15, -0.1) is 11.8 Å². The molecule has 0 atom stereocenters. The van der Waals surface area contributed by atoms with Gasteiger partial charge in [0.05, 0.1) is 0 Å². The molecule has 1 rings (SSSR count). The molecule has 0 heterocycles. The molecule has 0 bridgehead atoms. The summed E-state index contributed by atoms with van der Waals surface area (Å²) in [6.45, 7) is 7.97. The highest BCUT2D eigenvalue weighted by Gasteiger charge is 1.98. The Labute approximate surface area is 84.4 Å². The molecule has 0 aliphatic carbocycles. The Morgan fingerprint density at radius 3 is 2.38 bits per heavy atom. The van der Waals surface area contributed by atoms with Crippen LogP contribution in [0.2, 0.25) is 0 Å². The maximum atomic E-state index is 3.71. The van der Waals surface area contributed by atoms with E-state index >= 15 is 0 Å². The molecule has 1 aromatic carbocycles.